The number of carbonyl (C=O) groups is 3. The zero-order valence-corrected chi connectivity index (χ0v) is 19.7. The Bertz CT molecular complexity index is 1020. The standard InChI is InChI=1S/C23H28FN3O4Si/c1-31-17-8-6-16(7-9-17)22(26-23(30)27-13-21(29)25-14-27)19(28)12-15-5-10-20(18(24)11-15)32(2,3)4/h5-11,22H,12-14H2,1-4H3,(H,25,29)(H,26,30)/t22-/m1/s1. The fraction of sp³-hybridized carbons (Fsp3) is 0.348. The SMILES string of the molecule is COc1ccc([C@@H](NC(=O)N2CNC(=O)C2)C(=O)Cc2ccc([Si](C)(C)C)c(F)c2)cc1. The molecule has 1 heterocycles. The Morgan fingerprint density at radius 3 is 2.41 bits per heavy atom. The third-order valence-electron chi connectivity index (χ3n) is 5.35. The number of methoxy groups -OCH3 is 1. The predicted molar refractivity (Wildman–Crippen MR) is 122 cm³/mol. The molecule has 32 heavy (non-hydrogen) atoms. The van der Waals surface area contributed by atoms with Gasteiger partial charge in [0.25, 0.3) is 0 Å². The van der Waals surface area contributed by atoms with Crippen molar-refractivity contribution in [2.45, 2.75) is 32.1 Å². The van der Waals surface area contributed by atoms with Gasteiger partial charge in [-0.2, -0.15) is 0 Å². The largest absolute Gasteiger partial charge is 0.497 e. The van der Waals surface area contributed by atoms with Crippen molar-refractivity contribution in [3.8, 4) is 5.75 Å². The third-order valence-corrected chi connectivity index (χ3v) is 7.37. The van der Waals surface area contributed by atoms with Gasteiger partial charge in [0.1, 0.15) is 24.2 Å². The summed E-state index contributed by atoms with van der Waals surface area (Å²) in [5.41, 5.74) is 1.11. The van der Waals surface area contributed by atoms with Crippen molar-refractivity contribution in [2.75, 3.05) is 20.3 Å². The maximum atomic E-state index is 14.6. The van der Waals surface area contributed by atoms with Crippen LogP contribution in [0.5, 0.6) is 5.75 Å². The number of hydrogen-bond acceptors (Lipinski definition) is 4. The summed E-state index contributed by atoms with van der Waals surface area (Å²) < 4.78 is 19.8. The molecule has 2 N–H and O–H groups in total. The smallest absolute Gasteiger partial charge is 0.320 e. The molecule has 3 rings (SSSR count). The van der Waals surface area contributed by atoms with Gasteiger partial charge in [-0.05, 0) is 34.5 Å². The maximum Gasteiger partial charge on any atom is 0.320 e. The van der Waals surface area contributed by atoms with Gasteiger partial charge in [-0.25, -0.2) is 9.18 Å². The van der Waals surface area contributed by atoms with Crippen molar-refractivity contribution in [2.24, 2.45) is 0 Å². The fourth-order valence-electron chi connectivity index (χ4n) is 3.55. The summed E-state index contributed by atoms with van der Waals surface area (Å²) in [5, 5.41) is 5.99. The number of nitrogens with one attached hydrogen (secondary N) is 2. The van der Waals surface area contributed by atoms with Gasteiger partial charge in [0.05, 0.1) is 21.9 Å². The average molecular weight is 458 g/mol. The van der Waals surface area contributed by atoms with Crippen molar-refractivity contribution < 1.29 is 23.5 Å². The first-order chi connectivity index (χ1) is 15.1. The minimum atomic E-state index is -1.83. The first-order valence-corrected chi connectivity index (χ1v) is 13.9. The zero-order chi connectivity index (χ0) is 23.5. The molecule has 0 aliphatic carbocycles. The number of urea groups is 1. The Morgan fingerprint density at radius 1 is 1.19 bits per heavy atom. The second kappa shape index (κ2) is 9.52. The van der Waals surface area contributed by atoms with E-state index in [1.54, 1.807) is 36.4 Å². The number of amides is 3. The first kappa shape index (κ1) is 23.5. The van der Waals surface area contributed by atoms with Crippen LogP contribution in [0.15, 0.2) is 42.5 Å². The summed E-state index contributed by atoms with van der Waals surface area (Å²) in [7, 11) is -0.298. The Labute approximate surface area is 188 Å². The molecule has 1 aliphatic heterocycles. The van der Waals surface area contributed by atoms with Crippen molar-refractivity contribution >= 4 is 31.0 Å². The van der Waals surface area contributed by atoms with Crippen molar-refractivity contribution in [3.63, 3.8) is 0 Å². The molecule has 2 aromatic carbocycles. The molecule has 7 nitrogen and oxygen atoms in total. The Morgan fingerprint density at radius 2 is 1.88 bits per heavy atom. The van der Waals surface area contributed by atoms with E-state index < -0.39 is 20.1 Å². The van der Waals surface area contributed by atoms with Crippen molar-refractivity contribution in [1.29, 1.82) is 0 Å². The van der Waals surface area contributed by atoms with Crippen LogP contribution in [-0.2, 0) is 16.0 Å². The van der Waals surface area contributed by atoms with E-state index in [4.69, 9.17) is 4.74 Å². The molecule has 1 fully saturated rings. The zero-order valence-electron chi connectivity index (χ0n) is 18.7. The van der Waals surface area contributed by atoms with E-state index in [-0.39, 0.29) is 37.1 Å². The van der Waals surface area contributed by atoms with Crippen LogP contribution in [-0.4, -0.2) is 51.0 Å². The van der Waals surface area contributed by atoms with Crippen LogP contribution in [0.4, 0.5) is 9.18 Å². The number of carbonyl (C=O) groups excluding carboxylic acids is 3. The number of Topliss-reactive ketones (excluding diaryl/α,β-unsaturated/α-hetero) is 1. The van der Waals surface area contributed by atoms with E-state index in [0.717, 1.165) is 0 Å². The van der Waals surface area contributed by atoms with Crippen LogP contribution in [0, 0.1) is 5.82 Å². The van der Waals surface area contributed by atoms with Crippen LogP contribution < -0.4 is 20.6 Å². The lowest BCUT2D eigenvalue weighted by atomic mass is 9.97. The van der Waals surface area contributed by atoms with Gasteiger partial charge < -0.3 is 15.4 Å². The highest BCUT2D eigenvalue weighted by Gasteiger charge is 2.29. The summed E-state index contributed by atoms with van der Waals surface area (Å²) in [6.07, 6.45) is -0.0446. The van der Waals surface area contributed by atoms with Gasteiger partial charge in [-0.3, -0.25) is 14.5 Å². The van der Waals surface area contributed by atoms with Gasteiger partial charge in [0.15, 0.2) is 5.78 Å². The number of ketones is 1. The molecule has 0 radical (unpaired) electrons. The highest BCUT2D eigenvalue weighted by Crippen LogP contribution is 2.21. The lowest BCUT2D eigenvalue weighted by Gasteiger charge is -2.22. The van der Waals surface area contributed by atoms with Gasteiger partial charge in [-0.15, -0.1) is 0 Å². The summed E-state index contributed by atoms with van der Waals surface area (Å²) in [6, 6.07) is 10.2. The first-order valence-electron chi connectivity index (χ1n) is 10.4. The highest BCUT2D eigenvalue weighted by atomic mass is 28.3. The van der Waals surface area contributed by atoms with Crippen molar-refractivity contribution in [3.05, 3.63) is 59.4 Å². The lowest BCUT2D eigenvalue weighted by molar-refractivity contribution is -0.120. The summed E-state index contributed by atoms with van der Waals surface area (Å²) in [5.74, 6) is -0.238. The van der Waals surface area contributed by atoms with Gasteiger partial charge in [0, 0.05) is 6.42 Å². The monoisotopic (exact) mass is 457 g/mol. The molecule has 0 spiro atoms. The van der Waals surface area contributed by atoms with Crippen LogP contribution in [0.25, 0.3) is 0 Å². The highest BCUT2D eigenvalue weighted by molar-refractivity contribution is 6.88. The number of benzene rings is 2. The molecule has 9 heteroatoms. The van der Waals surface area contributed by atoms with Crippen LogP contribution in [0.2, 0.25) is 19.6 Å². The number of rotatable bonds is 7. The Balaban J connectivity index is 1.83. The predicted octanol–water partition coefficient (Wildman–Crippen LogP) is 2.33. The summed E-state index contributed by atoms with van der Waals surface area (Å²) in [6.45, 7) is 6.19. The fourth-order valence-corrected chi connectivity index (χ4v) is 4.93. The second-order valence-electron chi connectivity index (χ2n) is 8.82. The van der Waals surface area contributed by atoms with E-state index in [9.17, 15) is 18.8 Å². The van der Waals surface area contributed by atoms with Crippen LogP contribution in [0.1, 0.15) is 17.2 Å². The van der Waals surface area contributed by atoms with Crippen LogP contribution in [0.3, 0.4) is 0 Å². The molecule has 170 valence electrons. The number of hydrogen-bond donors (Lipinski definition) is 2. The summed E-state index contributed by atoms with van der Waals surface area (Å²) >= 11 is 0. The molecule has 3 amide bonds. The minimum Gasteiger partial charge on any atom is -0.497 e. The lowest BCUT2D eigenvalue weighted by Crippen LogP contribution is -2.43. The number of halogens is 1. The normalized spacial score (nSPS) is 14.7. The second-order valence-corrected chi connectivity index (χ2v) is 13.9. The van der Waals surface area contributed by atoms with Gasteiger partial charge in [0.2, 0.25) is 5.91 Å². The topological polar surface area (TPSA) is 87.7 Å². The molecule has 2 aromatic rings. The molecule has 0 unspecified atom stereocenters. The number of ether oxygens (including phenoxy) is 1. The van der Waals surface area contributed by atoms with E-state index in [1.165, 1.54) is 18.1 Å². The van der Waals surface area contributed by atoms with Gasteiger partial charge in [-0.1, -0.05) is 43.9 Å². The van der Waals surface area contributed by atoms with Crippen LogP contribution >= 0.6 is 0 Å². The minimum absolute atomic E-state index is 0.0446. The molecule has 0 aromatic heterocycles. The van der Waals surface area contributed by atoms with Gasteiger partial charge >= 0.3 is 6.03 Å². The molecule has 1 aliphatic rings. The van der Waals surface area contributed by atoms with E-state index in [0.29, 0.717) is 22.1 Å². The maximum absolute atomic E-state index is 14.6. The molecular weight excluding hydrogens is 429 g/mol. The number of nitrogens with zero attached hydrogens (tertiary/aromatic N) is 1. The molecule has 1 atom stereocenters. The Hall–Kier alpha value is -3.20. The Kier molecular flexibility index (Phi) is 6.98. The molecule has 1 saturated heterocycles. The quantitative estimate of drug-likeness (QED) is 0.625. The van der Waals surface area contributed by atoms with E-state index in [2.05, 4.69) is 30.3 Å². The molecule has 0 saturated carbocycles. The third kappa shape index (κ3) is 5.53. The van der Waals surface area contributed by atoms with E-state index >= 15 is 0 Å². The van der Waals surface area contributed by atoms with E-state index in [1.807, 2.05) is 0 Å². The average Bonchev–Trinajstić information content (AvgIpc) is 3.17. The van der Waals surface area contributed by atoms with Crippen molar-refractivity contribution in [1.82, 2.24) is 15.5 Å². The summed E-state index contributed by atoms with van der Waals surface area (Å²) in [4.78, 5) is 38.6. The molecule has 0 bridgehead atoms. The molecular formula is C23H28FN3O4Si.